The van der Waals surface area contributed by atoms with Crippen molar-refractivity contribution in [2.45, 2.75) is 11.6 Å². The van der Waals surface area contributed by atoms with E-state index in [4.69, 9.17) is 14.7 Å². The van der Waals surface area contributed by atoms with Gasteiger partial charge in [-0.2, -0.15) is 0 Å². The normalized spacial score (nSPS) is 15.7. The first-order chi connectivity index (χ1) is 28.8. The second-order valence-corrected chi connectivity index (χ2v) is 15.3. The summed E-state index contributed by atoms with van der Waals surface area (Å²) in [6, 6.07) is 71.4. The Bertz CT molecular complexity index is 3140. The first-order valence-electron chi connectivity index (χ1n) is 19.9. The quantitative estimate of drug-likeness (QED) is 0.183. The maximum Gasteiger partial charge on any atom is 0.160 e. The molecule has 0 bridgehead atoms. The number of fused-ring (bicyclic) bond motifs is 12. The van der Waals surface area contributed by atoms with Gasteiger partial charge in [0, 0.05) is 22.3 Å². The fraction of sp³-hybridized carbons (Fsp3) is 0.0370. The summed E-state index contributed by atoms with van der Waals surface area (Å²) in [5.41, 5.74) is 11.9. The van der Waals surface area contributed by atoms with Gasteiger partial charge in [-0.3, -0.25) is 0 Å². The monoisotopic (exact) mass is 741 g/mol. The SMILES string of the molecule is c1ccc(C2=NC(c3cccc4c3-c3ccccc3C43c4ccccc4Oc4ccccc43)=NC(c3ccc(-c4cc5ccccc5c5ccccc45)cc3)N2)cc1. The minimum Gasteiger partial charge on any atom is -0.457 e. The second kappa shape index (κ2) is 12.7. The molecule has 12 rings (SSSR count). The molecule has 3 aliphatic rings. The molecule has 4 heteroatoms. The lowest BCUT2D eigenvalue weighted by molar-refractivity contribution is 0.436. The minimum atomic E-state index is -0.574. The zero-order chi connectivity index (χ0) is 38.2. The van der Waals surface area contributed by atoms with E-state index in [1.807, 2.05) is 6.07 Å². The van der Waals surface area contributed by atoms with Gasteiger partial charge in [0.15, 0.2) is 5.84 Å². The van der Waals surface area contributed by atoms with Gasteiger partial charge in [0.05, 0.1) is 5.41 Å². The number of rotatable bonds is 4. The number of nitrogens with one attached hydrogen (secondary N) is 1. The average molecular weight is 742 g/mol. The van der Waals surface area contributed by atoms with Gasteiger partial charge in [-0.1, -0.05) is 182 Å². The summed E-state index contributed by atoms with van der Waals surface area (Å²) in [5, 5.41) is 8.73. The Labute approximate surface area is 336 Å². The number of hydrogen-bond acceptors (Lipinski definition) is 4. The lowest BCUT2D eigenvalue weighted by Crippen LogP contribution is -2.34. The van der Waals surface area contributed by atoms with E-state index in [0.29, 0.717) is 5.84 Å². The summed E-state index contributed by atoms with van der Waals surface area (Å²) in [4.78, 5) is 10.8. The molecule has 0 aromatic heterocycles. The lowest BCUT2D eigenvalue weighted by atomic mass is 9.66. The van der Waals surface area contributed by atoms with Crippen LogP contribution in [-0.2, 0) is 5.41 Å². The van der Waals surface area contributed by atoms with Crippen molar-refractivity contribution >= 4 is 33.2 Å². The third-order valence-electron chi connectivity index (χ3n) is 12.2. The Morgan fingerprint density at radius 3 is 1.83 bits per heavy atom. The maximum atomic E-state index is 6.59. The molecule has 272 valence electrons. The molecule has 1 atom stereocenters. The summed E-state index contributed by atoms with van der Waals surface area (Å²) in [6.45, 7) is 0. The van der Waals surface area contributed by atoms with Crippen LogP contribution in [0.1, 0.15) is 45.1 Å². The standard InChI is InChI=1S/C54H35N3O/c1-2-15-35(16-3-1)51-55-52(36-31-29-34(30-32-36)43-33-37-17-4-5-18-38(37)39-19-6-7-20-40(39)43)57-53(56-51)42-22-14-26-47-50(42)41-21-8-9-23-44(41)54(47)45-24-10-12-27-48(45)58-49-28-13-11-25-46(49)54/h1-33,52H,(H,55,56,57). The van der Waals surface area contributed by atoms with Gasteiger partial charge in [0.2, 0.25) is 0 Å². The van der Waals surface area contributed by atoms with E-state index in [0.717, 1.165) is 50.7 Å². The van der Waals surface area contributed by atoms with E-state index in [1.165, 1.54) is 49.4 Å². The molecule has 0 saturated carbocycles. The molecular weight excluding hydrogens is 707 g/mol. The van der Waals surface area contributed by atoms with Crippen LogP contribution in [-0.4, -0.2) is 11.7 Å². The van der Waals surface area contributed by atoms with Crippen molar-refractivity contribution in [2.75, 3.05) is 0 Å². The molecule has 1 unspecified atom stereocenters. The van der Waals surface area contributed by atoms with Crippen molar-refractivity contribution in [2.24, 2.45) is 9.98 Å². The van der Waals surface area contributed by atoms with Crippen molar-refractivity contribution in [3.05, 3.63) is 239 Å². The number of hydrogen-bond donors (Lipinski definition) is 1. The molecule has 0 saturated heterocycles. The van der Waals surface area contributed by atoms with Crippen LogP contribution in [0.3, 0.4) is 0 Å². The molecule has 4 nitrogen and oxygen atoms in total. The zero-order valence-electron chi connectivity index (χ0n) is 31.4. The summed E-state index contributed by atoms with van der Waals surface area (Å²) < 4.78 is 6.59. The number of amidine groups is 2. The number of ether oxygens (including phenoxy) is 1. The van der Waals surface area contributed by atoms with Crippen molar-refractivity contribution < 1.29 is 4.74 Å². The lowest BCUT2D eigenvalue weighted by Gasteiger charge is -2.39. The van der Waals surface area contributed by atoms with E-state index in [2.05, 4.69) is 199 Å². The molecule has 2 aliphatic heterocycles. The highest BCUT2D eigenvalue weighted by molar-refractivity contribution is 6.17. The Kier molecular flexibility index (Phi) is 7.17. The Hall–Kier alpha value is -7.56. The van der Waals surface area contributed by atoms with Gasteiger partial charge in [-0.25, -0.2) is 9.98 Å². The topological polar surface area (TPSA) is 46.0 Å². The van der Waals surface area contributed by atoms with E-state index in [9.17, 15) is 0 Å². The third kappa shape index (κ3) is 4.75. The zero-order valence-corrected chi connectivity index (χ0v) is 31.4. The van der Waals surface area contributed by atoms with Crippen LogP contribution in [0, 0.1) is 0 Å². The number of aliphatic imine (C=N–C) groups is 2. The molecule has 0 fully saturated rings. The predicted octanol–water partition coefficient (Wildman–Crippen LogP) is 12.6. The molecular formula is C54H35N3O. The van der Waals surface area contributed by atoms with E-state index >= 15 is 0 Å². The van der Waals surface area contributed by atoms with Crippen molar-refractivity contribution in [1.29, 1.82) is 0 Å². The first kappa shape index (κ1) is 32.7. The van der Waals surface area contributed by atoms with Gasteiger partial charge in [0.25, 0.3) is 0 Å². The maximum absolute atomic E-state index is 6.59. The largest absolute Gasteiger partial charge is 0.457 e. The van der Waals surface area contributed by atoms with Crippen molar-refractivity contribution in [3.8, 4) is 33.8 Å². The van der Waals surface area contributed by atoms with Crippen LogP contribution in [0.15, 0.2) is 210 Å². The predicted molar refractivity (Wildman–Crippen MR) is 236 cm³/mol. The van der Waals surface area contributed by atoms with Crippen LogP contribution < -0.4 is 10.1 Å². The molecule has 1 spiro atoms. The number of nitrogens with zero attached hydrogens (tertiary/aromatic N) is 2. The molecule has 0 amide bonds. The number of benzene rings is 9. The Morgan fingerprint density at radius 1 is 0.448 bits per heavy atom. The third-order valence-corrected chi connectivity index (χ3v) is 12.2. The van der Waals surface area contributed by atoms with Crippen LogP contribution in [0.5, 0.6) is 11.5 Å². The highest BCUT2D eigenvalue weighted by Gasteiger charge is 2.51. The Morgan fingerprint density at radius 2 is 1.05 bits per heavy atom. The van der Waals surface area contributed by atoms with Gasteiger partial charge < -0.3 is 10.1 Å². The molecule has 9 aromatic carbocycles. The second-order valence-electron chi connectivity index (χ2n) is 15.3. The van der Waals surface area contributed by atoms with Gasteiger partial charge in [0.1, 0.15) is 23.5 Å². The fourth-order valence-corrected chi connectivity index (χ4v) is 9.71. The fourth-order valence-electron chi connectivity index (χ4n) is 9.71. The highest BCUT2D eigenvalue weighted by Crippen LogP contribution is 2.62. The highest BCUT2D eigenvalue weighted by atomic mass is 16.5. The van der Waals surface area contributed by atoms with Crippen molar-refractivity contribution in [3.63, 3.8) is 0 Å². The van der Waals surface area contributed by atoms with E-state index in [-0.39, 0.29) is 6.17 Å². The van der Waals surface area contributed by atoms with Gasteiger partial charge in [-0.15, -0.1) is 0 Å². The van der Waals surface area contributed by atoms with Gasteiger partial charge >= 0.3 is 0 Å². The molecule has 0 radical (unpaired) electrons. The van der Waals surface area contributed by atoms with Crippen LogP contribution in [0.2, 0.25) is 0 Å². The molecule has 1 aliphatic carbocycles. The van der Waals surface area contributed by atoms with Crippen LogP contribution in [0.25, 0.3) is 43.8 Å². The minimum absolute atomic E-state index is 0.365. The van der Waals surface area contributed by atoms with E-state index < -0.39 is 5.41 Å². The Balaban J connectivity index is 1.03. The molecule has 2 heterocycles. The summed E-state index contributed by atoms with van der Waals surface area (Å²) >= 11 is 0. The van der Waals surface area contributed by atoms with Crippen LogP contribution >= 0.6 is 0 Å². The summed E-state index contributed by atoms with van der Waals surface area (Å²) in [7, 11) is 0. The summed E-state index contributed by atoms with van der Waals surface area (Å²) in [6.07, 6.45) is -0.365. The molecule has 9 aromatic rings. The first-order valence-corrected chi connectivity index (χ1v) is 19.9. The molecule has 1 N–H and O–H groups in total. The number of para-hydroxylation sites is 2. The smallest absolute Gasteiger partial charge is 0.160 e. The average Bonchev–Trinajstić information content (AvgIpc) is 3.60. The van der Waals surface area contributed by atoms with Crippen LogP contribution in [0.4, 0.5) is 0 Å². The van der Waals surface area contributed by atoms with E-state index in [1.54, 1.807) is 0 Å². The van der Waals surface area contributed by atoms with Gasteiger partial charge in [-0.05, 0) is 78.7 Å². The molecule has 58 heavy (non-hydrogen) atoms. The summed E-state index contributed by atoms with van der Waals surface area (Å²) in [5.74, 6) is 3.24. The van der Waals surface area contributed by atoms with Crippen molar-refractivity contribution in [1.82, 2.24) is 5.32 Å².